The van der Waals surface area contributed by atoms with E-state index in [1.54, 1.807) is 14.0 Å². The Kier molecular flexibility index (Phi) is 3.42. The SMILES string of the molecule is CNc1nc(N)c(C(=O)NCc2noc(C)n2)s1. The molecule has 0 spiro atoms. The number of nitrogen functional groups attached to an aromatic ring is 1. The van der Waals surface area contributed by atoms with Gasteiger partial charge in [0.05, 0.1) is 6.54 Å². The molecule has 9 heteroatoms. The van der Waals surface area contributed by atoms with Gasteiger partial charge in [-0.05, 0) is 0 Å². The first-order chi connectivity index (χ1) is 8.60. The molecular formula is C9H12N6O2S. The number of thiazole rings is 1. The lowest BCUT2D eigenvalue weighted by atomic mass is 10.4. The number of hydrogen-bond donors (Lipinski definition) is 3. The molecule has 18 heavy (non-hydrogen) atoms. The Hall–Kier alpha value is -2.16. The maximum absolute atomic E-state index is 11.8. The molecule has 0 aliphatic heterocycles. The molecule has 0 unspecified atom stereocenters. The Labute approximate surface area is 107 Å². The second-order valence-electron chi connectivity index (χ2n) is 3.40. The van der Waals surface area contributed by atoms with E-state index in [2.05, 4.69) is 25.8 Å². The Morgan fingerprint density at radius 1 is 1.50 bits per heavy atom. The van der Waals surface area contributed by atoms with Gasteiger partial charge in [-0.3, -0.25) is 4.79 Å². The molecule has 0 radical (unpaired) electrons. The molecule has 0 bridgehead atoms. The highest BCUT2D eigenvalue weighted by molar-refractivity contribution is 7.18. The minimum atomic E-state index is -0.311. The molecule has 2 rings (SSSR count). The van der Waals surface area contributed by atoms with E-state index in [1.807, 2.05) is 0 Å². The molecule has 0 aliphatic rings. The average molecular weight is 268 g/mol. The summed E-state index contributed by atoms with van der Waals surface area (Å²) >= 11 is 1.18. The van der Waals surface area contributed by atoms with Gasteiger partial charge in [0, 0.05) is 14.0 Å². The molecule has 1 amide bonds. The Bertz CT molecular complexity index is 563. The largest absolute Gasteiger partial charge is 0.382 e. The minimum absolute atomic E-state index is 0.183. The van der Waals surface area contributed by atoms with Gasteiger partial charge in [-0.1, -0.05) is 16.5 Å². The summed E-state index contributed by atoms with van der Waals surface area (Å²) in [6.45, 7) is 1.86. The maximum atomic E-state index is 11.8. The van der Waals surface area contributed by atoms with Crippen LogP contribution in [-0.2, 0) is 6.54 Å². The quantitative estimate of drug-likeness (QED) is 0.733. The fourth-order valence-electron chi connectivity index (χ4n) is 1.25. The molecule has 0 saturated heterocycles. The van der Waals surface area contributed by atoms with Crippen molar-refractivity contribution in [2.75, 3.05) is 18.1 Å². The molecule has 0 aromatic carbocycles. The van der Waals surface area contributed by atoms with Gasteiger partial charge in [-0.25, -0.2) is 4.98 Å². The monoisotopic (exact) mass is 268 g/mol. The molecule has 96 valence electrons. The molecule has 2 heterocycles. The molecule has 2 aromatic heterocycles. The first kappa shape index (κ1) is 12.3. The van der Waals surface area contributed by atoms with Crippen LogP contribution in [-0.4, -0.2) is 28.1 Å². The van der Waals surface area contributed by atoms with E-state index < -0.39 is 0 Å². The molecule has 0 saturated carbocycles. The minimum Gasteiger partial charge on any atom is -0.382 e. The maximum Gasteiger partial charge on any atom is 0.265 e. The number of carbonyl (C=O) groups excluding carboxylic acids is 1. The van der Waals surface area contributed by atoms with E-state index in [1.165, 1.54) is 11.3 Å². The number of anilines is 2. The number of rotatable bonds is 4. The van der Waals surface area contributed by atoms with Crippen molar-refractivity contribution in [3.63, 3.8) is 0 Å². The second kappa shape index (κ2) is 5.00. The van der Waals surface area contributed by atoms with E-state index >= 15 is 0 Å². The van der Waals surface area contributed by atoms with E-state index in [-0.39, 0.29) is 18.3 Å². The Morgan fingerprint density at radius 3 is 2.83 bits per heavy atom. The lowest BCUT2D eigenvalue weighted by molar-refractivity contribution is 0.0954. The highest BCUT2D eigenvalue weighted by atomic mass is 32.1. The number of carbonyl (C=O) groups is 1. The van der Waals surface area contributed by atoms with Crippen LogP contribution >= 0.6 is 11.3 Å². The fourth-order valence-corrected chi connectivity index (χ4v) is 2.01. The molecule has 0 fully saturated rings. The highest BCUT2D eigenvalue weighted by Crippen LogP contribution is 2.24. The zero-order valence-corrected chi connectivity index (χ0v) is 10.7. The van der Waals surface area contributed by atoms with Crippen LogP contribution < -0.4 is 16.4 Å². The van der Waals surface area contributed by atoms with Crippen LogP contribution in [0.5, 0.6) is 0 Å². The topological polar surface area (TPSA) is 119 Å². The summed E-state index contributed by atoms with van der Waals surface area (Å²) in [4.78, 5) is 20.2. The van der Waals surface area contributed by atoms with Crippen molar-refractivity contribution < 1.29 is 9.32 Å². The van der Waals surface area contributed by atoms with E-state index in [0.717, 1.165) is 0 Å². The van der Waals surface area contributed by atoms with Crippen molar-refractivity contribution in [2.24, 2.45) is 0 Å². The summed E-state index contributed by atoms with van der Waals surface area (Å²) in [7, 11) is 1.71. The second-order valence-corrected chi connectivity index (χ2v) is 4.39. The van der Waals surface area contributed by atoms with Crippen LogP contribution in [0, 0.1) is 6.92 Å². The zero-order chi connectivity index (χ0) is 13.1. The number of hydrogen-bond acceptors (Lipinski definition) is 8. The summed E-state index contributed by atoms with van der Waals surface area (Å²) in [6, 6.07) is 0. The van der Waals surface area contributed by atoms with Crippen molar-refractivity contribution in [3.8, 4) is 0 Å². The number of aryl methyl sites for hydroxylation is 1. The van der Waals surface area contributed by atoms with Crippen LogP contribution in [0.3, 0.4) is 0 Å². The van der Waals surface area contributed by atoms with Gasteiger partial charge < -0.3 is 20.9 Å². The van der Waals surface area contributed by atoms with Gasteiger partial charge in [0.15, 0.2) is 11.0 Å². The van der Waals surface area contributed by atoms with Gasteiger partial charge in [-0.15, -0.1) is 0 Å². The lowest BCUT2D eigenvalue weighted by Crippen LogP contribution is -2.23. The first-order valence-corrected chi connectivity index (χ1v) is 5.93. The van der Waals surface area contributed by atoms with Gasteiger partial charge in [-0.2, -0.15) is 4.98 Å². The summed E-state index contributed by atoms with van der Waals surface area (Å²) in [5.74, 6) is 0.756. The number of amides is 1. The highest BCUT2D eigenvalue weighted by Gasteiger charge is 2.16. The molecule has 2 aromatic rings. The van der Waals surface area contributed by atoms with Gasteiger partial charge in [0.25, 0.3) is 5.91 Å². The van der Waals surface area contributed by atoms with Gasteiger partial charge in [0.1, 0.15) is 10.7 Å². The smallest absolute Gasteiger partial charge is 0.265 e. The van der Waals surface area contributed by atoms with Crippen LogP contribution in [0.4, 0.5) is 10.9 Å². The zero-order valence-electron chi connectivity index (χ0n) is 9.85. The van der Waals surface area contributed by atoms with Gasteiger partial charge in [0.2, 0.25) is 5.89 Å². The molecular weight excluding hydrogens is 256 g/mol. The van der Waals surface area contributed by atoms with Crippen LogP contribution in [0.2, 0.25) is 0 Å². The first-order valence-electron chi connectivity index (χ1n) is 5.11. The van der Waals surface area contributed by atoms with E-state index in [9.17, 15) is 4.79 Å². The van der Waals surface area contributed by atoms with Crippen LogP contribution in [0.25, 0.3) is 0 Å². The summed E-state index contributed by atoms with van der Waals surface area (Å²) < 4.78 is 4.79. The van der Waals surface area contributed by atoms with Crippen LogP contribution in [0.15, 0.2) is 4.52 Å². The third-order valence-electron chi connectivity index (χ3n) is 2.05. The normalized spacial score (nSPS) is 10.3. The predicted octanol–water partition coefficient (Wildman–Crippen LogP) is 0.388. The van der Waals surface area contributed by atoms with E-state index in [0.29, 0.717) is 21.7 Å². The Balaban J connectivity index is 2.01. The van der Waals surface area contributed by atoms with Crippen molar-refractivity contribution in [1.29, 1.82) is 0 Å². The predicted molar refractivity (Wildman–Crippen MR) is 66.3 cm³/mol. The van der Waals surface area contributed by atoms with E-state index in [4.69, 9.17) is 10.3 Å². The summed E-state index contributed by atoms with van der Waals surface area (Å²) in [5.41, 5.74) is 5.64. The molecule has 8 nitrogen and oxygen atoms in total. The third kappa shape index (κ3) is 2.56. The molecule has 4 N–H and O–H groups in total. The summed E-state index contributed by atoms with van der Waals surface area (Å²) in [5, 5.41) is 9.73. The number of aromatic nitrogens is 3. The summed E-state index contributed by atoms with van der Waals surface area (Å²) in [6.07, 6.45) is 0. The molecule has 0 atom stereocenters. The van der Waals surface area contributed by atoms with Crippen molar-refractivity contribution in [1.82, 2.24) is 20.4 Å². The number of nitrogens with zero attached hydrogens (tertiary/aromatic N) is 3. The van der Waals surface area contributed by atoms with Gasteiger partial charge >= 0.3 is 0 Å². The van der Waals surface area contributed by atoms with Crippen LogP contribution in [0.1, 0.15) is 21.4 Å². The Morgan fingerprint density at radius 2 is 2.28 bits per heavy atom. The van der Waals surface area contributed by atoms with Crippen molar-refractivity contribution >= 4 is 28.2 Å². The number of nitrogens with two attached hydrogens (primary N) is 1. The standard InChI is InChI=1S/C9H12N6O2S/c1-4-13-5(15-17-4)3-12-8(16)6-7(10)14-9(11-2)18-6/h3,10H2,1-2H3,(H,11,14)(H,12,16). The number of nitrogens with one attached hydrogen (secondary N) is 2. The van der Waals surface area contributed by atoms with Crippen molar-refractivity contribution in [2.45, 2.75) is 13.5 Å². The van der Waals surface area contributed by atoms with Crippen molar-refractivity contribution in [3.05, 3.63) is 16.6 Å². The molecule has 0 aliphatic carbocycles. The fraction of sp³-hybridized carbons (Fsp3) is 0.333. The third-order valence-corrected chi connectivity index (χ3v) is 3.14. The average Bonchev–Trinajstić information content (AvgIpc) is 2.92. The lowest BCUT2D eigenvalue weighted by Gasteiger charge is -1.99.